The molecule has 0 aliphatic carbocycles. The molecule has 0 saturated carbocycles. The monoisotopic (exact) mass is 398 g/mol. The second-order valence-electron chi connectivity index (χ2n) is 8.16. The zero-order chi connectivity index (χ0) is 20.9. The minimum absolute atomic E-state index is 0.0759. The number of unbranched alkanes of at least 4 members (excludes halogenated alkanes) is 10. The fraction of sp³-hybridized carbons (Fsp3) is 0.917. The van der Waals surface area contributed by atoms with Crippen molar-refractivity contribution in [3.8, 4) is 0 Å². The Morgan fingerprint density at radius 3 is 1.36 bits per heavy atom. The van der Waals surface area contributed by atoms with Gasteiger partial charge in [-0.1, -0.05) is 85.0 Å². The van der Waals surface area contributed by atoms with Gasteiger partial charge in [-0.05, 0) is 31.6 Å². The van der Waals surface area contributed by atoms with Crippen LogP contribution in [0.4, 0.5) is 0 Å². The van der Waals surface area contributed by atoms with E-state index in [0.29, 0.717) is 32.0 Å². The fourth-order valence-corrected chi connectivity index (χ4v) is 3.14. The molecule has 0 aromatic carbocycles. The third kappa shape index (κ3) is 19.7. The summed E-state index contributed by atoms with van der Waals surface area (Å²) in [4.78, 5) is 23.4. The number of rotatable bonds is 20. The van der Waals surface area contributed by atoms with Crippen molar-refractivity contribution < 1.29 is 19.1 Å². The smallest absolute Gasteiger partial charge is 0.305 e. The largest absolute Gasteiger partial charge is 0.466 e. The molecular formula is C24H46O4. The quantitative estimate of drug-likeness (QED) is 0.164. The first-order valence-electron chi connectivity index (χ1n) is 11.9. The van der Waals surface area contributed by atoms with Crippen molar-refractivity contribution in [1.82, 2.24) is 0 Å². The van der Waals surface area contributed by atoms with Crippen molar-refractivity contribution in [3.05, 3.63) is 0 Å². The number of hydrogen-bond acceptors (Lipinski definition) is 4. The highest BCUT2D eigenvalue weighted by atomic mass is 16.5. The highest BCUT2D eigenvalue weighted by Crippen LogP contribution is 2.11. The molecule has 4 nitrogen and oxygen atoms in total. The van der Waals surface area contributed by atoms with E-state index in [4.69, 9.17) is 9.47 Å². The van der Waals surface area contributed by atoms with Gasteiger partial charge >= 0.3 is 11.9 Å². The third-order valence-electron chi connectivity index (χ3n) is 5.22. The van der Waals surface area contributed by atoms with E-state index in [-0.39, 0.29) is 11.9 Å². The molecule has 166 valence electrons. The molecule has 0 aliphatic rings. The Labute approximate surface area is 174 Å². The van der Waals surface area contributed by atoms with Crippen molar-refractivity contribution in [3.63, 3.8) is 0 Å². The summed E-state index contributed by atoms with van der Waals surface area (Å²) in [5.74, 6) is 0.241. The standard InChI is InChI=1S/C24H46O4/c1-4-6-8-10-12-14-16-23(25)27-20-18-22(3)19-21-28-24(26)17-15-13-11-9-7-5-2/h22H,4-21H2,1-3H3. The maximum atomic E-state index is 11.7. The predicted octanol–water partition coefficient (Wildman–Crippen LogP) is 6.99. The van der Waals surface area contributed by atoms with Crippen LogP contribution in [0.2, 0.25) is 0 Å². The maximum Gasteiger partial charge on any atom is 0.305 e. The molecule has 0 heterocycles. The molecular weight excluding hydrogens is 352 g/mol. The molecule has 4 heteroatoms. The third-order valence-corrected chi connectivity index (χ3v) is 5.22. The molecule has 0 spiro atoms. The van der Waals surface area contributed by atoms with E-state index in [1.54, 1.807) is 0 Å². The van der Waals surface area contributed by atoms with Crippen molar-refractivity contribution in [2.45, 2.75) is 124 Å². The summed E-state index contributed by atoms with van der Waals surface area (Å²) >= 11 is 0. The van der Waals surface area contributed by atoms with E-state index in [1.165, 1.54) is 51.4 Å². The second-order valence-corrected chi connectivity index (χ2v) is 8.16. The van der Waals surface area contributed by atoms with E-state index in [9.17, 15) is 9.59 Å². The lowest BCUT2D eigenvalue weighted by Gasteiger charge is -2.12. The van der Waals surface area contributed by atoms with Gasteiger partial charge in [0.25, 0.3) is 0 Å². The summed E-state index contributed by atoms with van der Waals surface area (Å²) in [6.07, 6.45) is 16.9. The molecule has 28 heavy (non-hydrogen) atoms. The van der Waals surface area contributed by atoms with Gasteiger partial charge in [0.05, 0.1) is 13.2 Å². The maximum absolute atomic E-state index is 11.7. The normalized spacial score (nSPS) is 11.0. The van der Waals surface area contributed by atoms with Gasteiger partial charge in [0.2, 0.25) is 0 Å². The topological polar surface area (TPSA) is 52.6 Å². The average molecular weight is 399 g/mol. The van der Waals surface area contributed by atoms with Crippen LogP contribution in [0, 0.1) is 5.92 Å². The van der Waals surface area contributed by atoms with Crippen LogP contribution in [0.1, 0.15) is 124 Å². The van der Waals surface area contributed by atoms with Gasteiger partial charge in [0, 0.05) is 12.8 Å². The minimum Gasteiger partial charge on any atom is -0.466 e. The number of esters is 2. The number of carbonyl (C=O) groups is 2. The molecule has 0 saturated heterocycles. The van der Waals surface area contributed by atoms with Gasteiger partial charge in [-0.25, -0.2) is 0 Å². The van der Waals surface area contributed by atoms with Crippen molar-refractivity contribution in [1.29, 1.82) is 0 Å². The van der Waals surface area contributed by atoms with Crippen LogP contribution >= 0.6 is 0 Å². The van der Waals surface area contributed by atoms with E-state index < -0.39 is 0 Å². The Bertz CT molecular complexity index is 334. The Morgan fingerprint density at radius 2 is 0.964 bits per heavy atom. The molecule has 0 aromatic rings. The summed E-state index contributed by atoms with van der Waals surface area (Å²) in [6, 6.07) is 0. The van der Waals surface area contributed by atoms with Crippen LogP contribution in [-0.2, 0) is 19.1 Å². The summed E-state index contributed by atoms with van der Waals surface area (Å²) < 4.78 is 10.6. The summed E-state index contributed by atoms with van der Waals surface area (Å²) in [6.45, 7) is 7.48. The van der Waals surface area contributed by atoms with Crippen LogP contribution in [0.15, 0.2) is 0 Å². The first kappa shape index (κ1) is 26.9. The van der Waals surface area contributed by atoms with Crippen LogP contribution < -0.4 is 0 Å². The van der Waals surface area contributed by atoms with Crippen LogP contribution in [0.3, 0.4) is 0 Å². The molecule has 0 unspecified atom stereocenters. The lowest BCUT2D eigenvalue weighted by Crippen LogP contribution is -2.11. The summed E-state index contributed by atoms with van der Waals surface area (Å²) in [5, 5.41) is 0. The number of carbonyl (C=O) groups excluding carboxylic acids is 2. The Balaban J connectivity index is 3.45. The van der Waals surface area contributed by atoms with Gasteiger partial charge in [0.15, 0.2) is 0 Å². The SMILES string of the molecule is CCCCCCCCC(=O)OCCC(C)CCOC(=O)CCCCCCCC. The molecule has 0 fully saturated rings. The molecule has 0 aromatic heterocycles. The second kappa shape index (κ2) is 20.7. The lowest BCUT2D eigenvalue weighted by atomic mass is 10.1. The lowest BCUT2D eigenvalue weighted by molar-refractivity contribution is -0.144. The molecule has 0 amide bonds. The molecule has 0 bridgehead atoms. The zero-order valence-corrected chi connectivity index (χ0v) is 18.9. The minimum atomic E-state index is -0.0759. The first-order chi connectivity index (χ1) is 13.6. The Morgan fingerprint density at radius 1 is 0.607 bits per heavy atom. The fourth-order valence-electron chi connectivity index (χ4n) is 3.14. The Kier molecular flexibility index (Phi) is 19.9. The number of hydrogen-bond donors (Lipinski definition) is 0. The zero-order valence-electron chi connectivity index (χ0n) is 18.9. The predicted molar refractivity (Wildman–Crippen MR) is 116 cm³/mol. The van der Waals surface area contributed by atoms with E-state index >= 15 is 0 Å². The van der Waals surface area contributed by atoms with Crippen molar-refractivity contribution >= 4 is 11.9 Å². The van der Waals surface area contributed by atoms with Gasteiger partial charge in [-0.15, -0.1) is 0 Å². The molecule has 0 aliphatic heterocycles. The van der Waals surface area contributed by atoms with E-state index in [0.717, 1.165) is 38.5 Å². The average Bonchev–Trinajstić information content (AvgIpc) is 2.67. The first-order valence-corrected chi connectivity index (χ1v) is 11.9. The molecule has 0 N–H and O–H groups in total. The number of ether oxygens (including phenoxy) is 2. The van der Waals surface area contributed by atoms with E-state index in [1.807, 2.05) is 0 Å². The van der Waals surface area contributed by atoms with E-state index in [2.05, 4.69) is 20.8 Å². The molecule has 0 atom stereocenters. The summed E-state index contributed by atoms with van der Waals surface area (Å²) in [7, 11) is 0. The van der Waals surface area contributed by atoms with Crippen LogP contribution in [0.25, 0.3) is 0 Å². The van der Waals surface area contributed by atoms with Gasteiger partial charge in [-0.2, -0.15) is 0 Å². The highest BCUT2D eigenvalue weighted by Gasteiger charge is 2.08. The Hall–Kier alpha value is -1.06. The van der Waals surface area contributed by atoms with Crippen molar-refractivity contribution in [2.24, 2.45) is 5.92 Å². The van der Waals surface area contributed by atoms with Crippen LogP contribution in [-0.4, -0.2) is 25.2 Å². The van der Waals surface area contributed by atoms with Crippen LogP contribution in [0.5, 0.6) is 0 Å². The van der Waals surface area contributed by atoms with Gasteiger partial charge < -0.3 is 9.47 Å². The molecule has 0 rings (SSSR count). The summed E-state index contributed by atoms with van der Waals surface area (Å²) in [5.41, 5.74) is 0. The highest BCUT2D eigenvalue weighted by molar-refractivity contribution is 5.69. The van der Waals surface area contributed by atoms with Gasteiger partial charge in [-0.3, -0.25) is 9.59 Å². The van der Waals surface area contributed by atoms with Gasteiger partial charge in [0.1, 0.15) is 0 Å². The molecule has 0 radical (unpaired) electrons. The van der Waals surface area contributed by atoms with Crippen molar-refractivity contribution in [2.75, 3.05) is 13.2 Å².